The van der Waals surface area contributed by atoms with Gasteiger partial charge < -0.3 is 5.32 Å². The van der Waals surface area contributed by atoms with Crippen LogP contribution < -0.4 is 5.32 Å². The monoisotopic (exact) mass is 346 g/mol. The highest BCUT2D eigenvalue weighted by molar-refractivity contribution is 7.23. The molecule has 4 nitrogen and oxygen atoms in total. The van der Waals surface area contributed by atoms with Crippen LogP contribution in [0.25, 0.3) is 20.9 Å². The Morgan fingerprint density at radius 3 is 2.64 bits per heavy atom. The highest BCUT2D eigenvalue weighted by atomic mass is 32.1. The number of rotatable bonds is 3. The van der Waals surface area contributed by atoms with Gasteiger partial charge in [0.05, 0.1) is 10.3 Å². The minimum absolute atomic E-state index is 0.0991. The van der Waals surface area contributed by atoms with Crippen molar-refractivity contribution in [3.05, 3.63) is 72.1 Å². The van der Waals surface area contributed by atoms with Crippen LogP contribution in [0.1, 0.15) is 22.8 Å². The Balaban J connectivity index is 1.96. The van der Waals surface area contributed by atoms with Gasteiger partial charge in [0.25, 0.3) is 0 Å². The van der Waals surface area contributed by atoms with E-state index < -0.39 is 0 Å². The highest BCUT2D eigenvalue weighted by Crippen LogP contribution is 2.37. The fraction of sp³-hybridized carbons (Fsp3) is 0.0500. The van der Waals surface area contributed by atoms with Gasteiger partial charge in [-0.25, -0.2) is 0 Å². The number of hydrogen-bond acceptors (Lipinski definition) is 4. The second-order valence-corrected chi connectivity index (χ2v) is 6.77. The van der Waals surface area contributed by atoms with Crippen LogP contribution in [0, 0.1) is 0 Å². The van der Waals surface area contributed by atoms with Gasteiger partial charge in [-0.05, 0) is 16.8 Å². The van der Waals surface area contributed by atoms with Gasteiger partial charge in [0, 0.05) is 30.3 Å². The first-order valence-electron chi connectivity index (χ1n) is 7.81. The van der Waals surface area contributed by atoms with Crippen molar-refractivity contribution in [2.75, 3.05) is 5.32 Å². The first kappa shape index (κ1) is 15.5. The smallest absolute Gasteiger partial charge is 0.221 e. The minimum Gasteiger partial charge on any atom is -0.317 e. The molecular formula is C20H14N2O2S. The Morgan fingerprint density at radius 2 is 1.80 bits per heavy atom. The molecule has 2 aromatic heterocycles. The van der Waals surface area contributed by atoms with E-state index in [1.807, 2.05) is 48.5 Å². The summed E-state index contributed by atoms with van der Waals surface area (Å²) in [5.41, 5.74) is 1.15. The van der Waals surface area contributed by atoms with Gasteiger partial charge in [0.15, 0.2) is 5.78 Å². The largest absolute Gasteiger partial charge is 0.317 e. The molecule has 25 heavy (non-hydrogen) atoms. The number of nitrogens with zero attached hydrogens (tertiary/aromatic N) is 1. The molecule has 0 aliphatic heterocycles. The van der Waals surface area contributed by atoms with E-state index in [4.69, 9.17) is 0 Å². The fourth-order valence-electron chi connectivity index (χ4n) is 2.98. The Morgan fingerprint density at radius 1 is 1.00 bits per heavy atom. The molecule has 0 spiro atoms. The van der Waals surface area contributed by atoms with Crippen LogP contribution >= 0.6 is 11.3 Å². The Hall–Kier alpha value is -3.05. The summed E-state index contributed by atoms with van der Waals surface area (Å²) in [7, 11) is 0. The van der Waals surface area contributed by atoms with Crippen LogP contribution in [-0.4, -0.2) is 16.7 Å². The van der Waals surface area contributed by atoms with E-state index in [2.05, 4.69) is 10.3 Å². The number of anilines is 1. The van der Waals surface area contributed by atoms with Gasteiger partial charge >= 0.3 is 0 Å². The molecule has 1 amide bonds. The third-order valence-corrected chi connectivity index (χ3v) is 5.10. The molecule has 0 radical (unpaired) electrons. The lowest BCUT2D eigenvalue weighted by atomic mass is 9.96. The second kappa shape index (κ2) is 6.11. The third kappa shape index (κ3) is 2.68. The number of nitrogens with one attached hydrogen (secondary N) is 1. The molecular weight excluding hydrogens is 332 g/mol. The van der Waals surface area contributed by atoms with Crippen LogP contribution in [0.2, 0.25) is 0 Å². The molecule has 0 atom stereocenters. The summed E-state index contributed by atoms with van der Waals surface area (Å²) < 4.78 is 0.870. The molecule has 0 aliphatic rings. The number of hydrogen-bond donors (Lipinski definition) is 1. The number of fused-ring (bicyclic) bond motifs is 2. The van der Waals surface area contributed by atoms with Crippen LogP contribution in [0.15, 0.2) is 60.9 Å². The number of carbonyl (C=O) groups excluding carboxylic acids is 2. The normalized spacial score (nSPS) is 10.9. The molecule has 1 N–H and O–H groups in total. The zero-order chi connectivity index (χ0) is 17.4. The van der Waals surface area contributed by atoms with E-state index >= 15 is 0 Å². The maximum atomic E-state index is 13.4. The van der Waals surface area contributed by atoms with Crippen LogP contribution in [0.5, 0.6) is 0 Å². The van der Waals surface area contributed by atoms with E-state index in [0.717, 1.165) is 20.9 Å². The third-order valence-electron chi connectivity index (χ3n) is 4.04. The van der Waals surface area contributed by atoms with Gasteiger partial charge in [0.2, 0.25) is 5.91 Å². The number of aromatic nitrogens is 1. The van der Waals surface area contributed by atoms with Crippen LogP contribution in [0.3, 0.4) is 0 Å². The molecule has 122 valence electrons. The number of benzene rings is 2. The molecule has 2 aromatic carbocycles. The fourth-order valence-corrected chi connectivity index (χ4v) is 4.10. The van der Waals surface area contributed by atoms with E-state index in [-0.39, 0.29) is 11.7 Å². The average Bonchev–Trinajstić information content (AvgIpc) is 2.97. The summed E-state index contributed by atoms with van der Waals surface area (Å²) in [6.07, 6.45) is 3.37. The first-order chi connectivity index (χ1) is 12.1. The molecule has 0 saturated heterocycles. The predicted octanol–water partition coefficient (Wildman–Crippen LogP) is 4.64. The van der Waals surface area contributed by atoms with E-state index in [1.54, 1.807) is 12.4 Å². The highest BCUT2D eigenvalue weighted by Gasteiger charge is 2.22. The number of thiophene rings is 1. The quantitative estimate of drug-likeness (QED) is 0.550. The van der Waals surface area contributed by atoms with E-state index in [0.29, 0.717) is 16.1 Å². The number of carbonyl (C=O) groups is 2. The number of ketones is 1. The van der Waals surface area contributed by atoms with Crippen molar-refractivity contribution >= 4 is 48.9 Å². The molecule has 0 saturated carbocycles. The molecule has 0 fully saturated rings. The Labute approximate surface area is 148 Å². The molecule has 2 heterocycles. The summed E-state index contributed by atoms with van der Waals surface area (Å²) in [5, 5.41) is 6.07. The standard InChI is InChI=1S/C20H14N2O2S/c1-12(23)22-20-18(16-9-10-21-11-17(16)25-20)19(24)15-8-4-6-13-5-2-3-7-14(13)15/h2-11H,1H3,(H,22,23). The van der Waals surface area contributed by atoms with Crippen molar-refractivity contribution in [1.29, 1.82) is 0 Å². The lowest BCUT2D eigenvalue weighted by molar-refractivity contribution is -0.114. The van der Waals surface area contributed by atoms with Gasteiger partial charge in [-0.1, -0.05) is 42.5 Å². The van der Waals surface area contributed by atoms with Gasteiger partial charge in [0.1, 0.15) is 5.00 Å². The molecule has 4 aromatic rings. The van der Waals surface area contributed by atoms with Gasteiger partial charge in [-0.2, -0.15) is 0 Å². The van der Waals surface area contributed by atoms with E-state index in [9.17, 15) is 9.59 Å². The summed E-state index contributed by atoms with van der Waals surface area (Å²) in [6.45, 7) is 1.44. The van der Waals surface area contributed by atoms with Crippen LogP contribution in [-0.2, 0) is 4.79 Å². The van der Waals surface area contributed by atoms with Crippen molar-refractivity contribution in [2.24, 2.45) is 0 Å². The predicted molar refractivity (Wildman–Crippen MR) is 101 cm³/mol. The molecule has 4 rings (SSSR count). The first-order valence-corrected chi connectivity index (χ1v) is 8.63. The zero-order valence-electron chi connectivity index (χ0n) is 13.4. The van der Waals surface area contributed by atoms with E-state index in [1.165, 1.54) is 18.3 Å². The van der Waals surface area contributed by atoms with Gasteiger partial charge in [-0.15, -0.1) is 11.3 Å². The summed E-state index contributed by atoms with van der Waals surface area (Å²) in [4.78, 5) is 29.1. The van der Waals surface area contributed by atoms with Gasteiger partial charge in [-0.3, -0.25) is 14.6 Å². The summed E-state index contributed by atoms with van der Waals surface area (Å²) in [6, 6.07) is 15.3. The summed E-state index contributed by atoms with van der Waals surface area (Å²) >= 11 is 1.37. The topological polar surface area (TPSA) is 59.1 Å². The molecule has 5 heteroatoms. The zero-order valence-corrected chi connectivity index (χ0v) is 14.3. The Kier molecular flexibility index (Phi) is 3.78. The second-order valence-electron chi connectivity index (χ2n) is 5.72. The minimum atomic E-state index is -0.202. The SMILES string of the molecule is CC(=O)Nc1sc2cnccc2c1C(=O)c1cccc2ccccc12. The van der Waals surface area contributed by atoms with Crippen molar-refractivity contribution in [3.63, 3.8) is 0 Å². The maximum Gasteiger partial charge on any atom is 0.221 e. The maximum absolute atomic E-state index is 13.4. The lowest BCUT2D eigenvalue weighted by Crippen LogP contribution is -2.10. The van der Waals surface area contributed by atoms with Crippen molar-refractivity contribution in [3.8, 4) is 0 Å². The van der Waals surface area contributed by atoms with Crippen molar-refractivity contribution in [2.45, 2.75) is 6.92 Å². The average molecular weight is 346 g/mol. The molecule has 0 bridgehead atoms. The summed E-state index contributed by atoms with van der Waals surface area (Å²) in [5.74, 6) is -0.301. The number of amides is 1. The molecule has 0 aliphatic carbocycles. The van der Waals surface area contributed by atoms with Crippen LogP contribution in [0.4, 0.5) is 5.00 Å². The van der Waals surface area contributed by atoms with Crippen molar-refractivity contribution < 1.29 is 9.59 Å². The Bertz CT molecular complexity index is 1130. The molecule has 0 unspecified atom stereocenters. The lowest BCUT2D eigenvalue weighted by Gasteiger charge is -2.08. The van der Waals surface area contributed by atoms with Crippen molar-refractivity contribution in [1.82, 2.24) is 4.98 Å². The number of pyridine rings is 1.